The normalized spacial score (nSPS) is 23.3. The number of hydrazine groups is 1. The molecular weight excluding hydrogens is 192 g/mol. The minimum atomic E-state index is -0.879. The molecule has 3 N–H and O–H groups in total. The van der Waals surface area contributed by atoms with Gasteiger partial charge in [0.25, 0.3) is 5.91 Å². The number of aliphatic hydroxyl groups is 1. The third-order valence-electron chi connectivity index (χ3n) is 3.55. The van der Waals surface area contributed by atoms with Gasteiger partial charge in [0.15, 0.2) is 0 Å². The van der Waals surface area contributed by atoms with Gasteiger partial charge in [-0.15, -0.1) is 0 Å². The molecule has 0 saturated heterocycles. The fourth-order valence-corrected chi connectivity index (χ4v) is 2.00. The number of nitrogens with zero attached hydrogens (tertiary/aromatic N) is 1. The van der Waals surface area contributed by atoms with Crippen LogP contribution in [0.2, 0.25) is 0 Å². The molecule has 2 saturated carbocycles. The summed E-state index contributed by atoms with van der Waals surface area (Å²) < 4.78 is 0. The SMILES string of the molecule is NN(C(=O)C(O)CCC1CCC1)C1CC1. The molecule has 2 fully saturated rings. The summed E-state index contributed by atoms with van der Waals surface area (Å²) in [6, 6.07) is 0.191. The van der Waals surface area contributed by atoms with Crippen LogP contribution >= 0.6 is 0 Å². The molecular formula is C11H20N2O2. The van der Waals surface area contributed by atoms with Crippen LogP contribution in [0.4, 0.5) is 0 Å². The van der Waals surface area contributed by atoms with Gasteiger partial charge in [0.05, 0.1) is 0 Å². The molecule has 15 heavy (non-hydrogen) atoms. The number of carbonyl (C=O) groups is 1. The van der Waals surface area contributed by atoms with Crippen molar-refractivity contribution in [1.29, 1.82) is 0 Å². The first kappa shape index (κ1) is 10.9. The average molecular weight is 212 g/mol. The molecule has 0 aliphatic heterocycles. The second kappa shape index (κ2) is 4.49. The minimum Gasteiger partial charge on any atom is -0.383 e. The zero-order chi connectivity index (χ0) is 10.8. The molecule has 0 heterocycles. The highest BCUT2D eigenvalue weighted by molar-refractivity contribution is 5.80. The molecule has 0 aromatic heterocycles. The Morgan fingerprint density at radius 1 is 1.40 bits per heavy atom. The topological polar surface area (TPSA) is 66.6 Å². The van der Waals surface area contributed by atoms with Gasteiger partial charge in [-0.2, -0.15) is 0 Å². The van der Waals surface area contributed by atoms with E-state index in [1.165, 1.54) is 24.3 Å². The summed E-state index contributed by atoms with van der Waals surface area (Å²) >= 11 is 0. The molecule has 4 heteroatoms. The maximum absolute atomic E-state index is 11.6. The first-order valence-corrected chi connectivity index (χ1v) is 5.94. The predicted octanol–water partition coefficient (Wildman–Crippen LogP) is 0.792. The molecule has 0 aromatic carbocycles. The van der Waals surface area contributed by atoms with Crippen molar-refractivity contribution in [2.75, 3.05) is 0 Å². The fourth-order valence-electron chi connectivity index (χ4n) is 2.00. The molecule has 2 aliphatic carbocycles. The minimum absolute atomic E-state index is 0.191. The number of hydrogen-bond acceptors (Lipinski definition) is 3. The molecule has 1 amide bonds. The summed E-state index contributed by atoms with van der Waals surface area (Å²) in [5.74, 6) is 6.04. The van der Waals surface area contributed by atoms with E-state index in [-0.39, 0.29) is 11.9 Å². The zero-order valence-electron chi connectivity index (χ0n) is 9.06. The Morgan fingerprint density at radius 2 is 2.07 bits per heavy atom. The highest BCUT2D eigenvalue weighted by Gasteiger charge is 2.33. The number of carbonyl (C=O) groups excluding carboxylic acids is 1. The van der Waals surface area contributed by atoms with Gasteiger partial charge < -0.3 is 5.11 Å². The predicted molar refractivity (Wildman–Crippen MR) is 56.6 cm³/mol. The third kappa shape index (κ3) is 2.69. The maximum atomic E-state index is 11.6. The number of nitrogens with two attached hydrogens (primary N) is 1. The fraction of sp³-hybridized carbons (Fsp3) is 0.909. The Balaban J connectivity index is 1.68. The Hall–Kier alpha value is -0.610. The van der Waals surface area contributed by atoms with Gasteiger partial charge in [-0.1, -0.05) is 19.3 Å². The van der Waals surface area contributed by atoms with E-state index in [2.05, 4.69) is 0 Å². The van der Waals surface area contributed by atoms with Gasteiger partial charge in [-0.25, -0.2) is 5.84 Å². The van der Waals surface area contributed by atoms with Crippen molar-refractivity contribution in [3.8, 4) is 0 Å². The van der Waals surface area contributed by atoms with Crippen molar-refractivity contribution in [3.63, 3.8) is 0 Å². The van der Waals surface area contributed by atoms with Gasteiger partial charge in [-0.05, 0) is 31.6 Å². The molecule has 86 valence electrons. The Bertz CT molecular complexity index is 237. The molecule has 2 aliphatic rings. The van der Waals surface area contributed by atoms with Crippen LogP contribution in [0, 0.1) is 5.92 Å². The second-order valence-corrected chi connectivity index (χ2v) is 4.87. The molecule has 0 aromatic rings. The van der Waals surface area contributed by atoms with Crippen molar-refractivity contribution in [1.82, 2.24) is 5.01 Å². The van der Waals surface area contributed by atoms with Crippen molar-refractivity contribution >= 4 is 5.91 Å². The van der Waals surface area contributed by atoms with Gasteiger partial charge >= 0.3 is 0 Å². The average Bonchev–Trinajstić information content (AvgIpc) is 2.96. The van der Waals surface area contributed by atoms with Gasteiger partial charge in [0.1, 0.15) is 6.10 Å². The van der Waals surface area contributed by atoms with E-state index in [1.54, 1.807) is 0 Å². The summed E-state index contributed by atoms with van der Waals surface area (Å²) in [7, 11) is 0. The highest BCUT2D eigenvalue weighted by Crippen LogP contribution is 2.31. The summed E-state index contributed by atoms with van der Waals surface area (Å²) in [5.41, 5.74) is 0. The lowest BCUT2D eigenvalue weighted by Crippen LogP contribution is -2.45. The van der Waals surface area contributed by atoms with Crippen LogP contribution in [0.5, 0.6) is 0 Å². The number of rotatable bonds is 5. The van der Waals surface area contributed by atoms with E-state index in [4.69, 9.17) is 5.84 Å². The van der Waals surface area contributed by atoms with E-state index in [0.29, 0.717) is 6.42 Å². The maximum Gasteiger partial charge on any atom is 0.265 e. The van der Waals surface area contributed by atoms with E-state index >= 15 is 0 Å². The van der Waals surface area contributed by atoms with Crippen LogP contribution < -0.4 is 5.84 Å². The van der Waals surface area contributed by atoms with Crippen LogP contribution in [-0.4, -0.2) is 28.2 Å². The van der Waals surface area contributed by atoms with Gasteiger partial charge in [0, 0.05) is 6.04 Å². The van der Waals surface area contributed by atoms with E-state index in [0.717, 1.165) is 25.2 Å². The van der Waals surface area contributed by atoms with Crippen molar-refractivity contribution < 1.29 is 9.90 Å². The smallest absolute Gasteiger partial charge is 0.265 e. The van der Waals surface area contributed by atoms with E-state index in [9.17, 15) is 9.90 Å². The van der Waals surface area contributed by atoms with Gasteiger partial charge in [0.2, 0.25) is 0 Å². The van der Waals surface area contributed by atoms with Crippen molar-refractivity contribution in [3.05, 3.63) is 0 Å². The van der Waals surface area contributed by atoms with Gasteiger partial charge in [-0.3, -0.25) is 9.80 Å². The molecule has 2 rings (SSSR count). The van der Waals surface area contributed by atoms with Crippen LogP contribution in [0.1, 0.15) is 44.9 Å². The lowest BCUT2D eigenvalue weighted by Gasteiger charge is -2.26. The van der Waals surface area contributed by atoms with E-state index in [1.807, 2.05) is 0 Å². The quantitative estimate of drug-likeness (QED) is 0.402. The first-order chi connectivity index (χ1) is 7.18. The van der Waals surface area contributed by atoms with Crippen molar-refractivity contribution in [2.24, 2.45) is 11.8 Å². The molecule has 1 unspecified atom stereocenters. The number of hydrogen-bond donors (Lipinski definition) is 2. The lowest BCUT2D eigenvalue weighted by molar-refractivity contribution is -0.141. The second-order valence-electron chi connectivity index (χ2n) is 4.87. The van der Waals surface area contributed by atoms with Crippen LogP contribution in [-0.2, 0) is 4.79 Å². The standard InChI is InChI=1S/C11H20N2O2/c12-13(9-5-6-9)11(15)10(14)7-4-8-2-1-3-8/h8-10,14H,1-7,12H2. The Labute approximate surface area is 90.4 Å². The van der Waals surface area contributed by atoms with Crippen LogP contribution in [0.25, 0.3) is 0 Å². The lowest BCUT2D eigenvalue weighted by atomic mass is 9.81. The Kier molecular flexibility index (Phi) is 3.26. The summed E-state index contributed by atoms with van der Waals surface area (Å²) in [5, 5.41) is 10.9. The first-order valence-electron chi connectivity index (χ1n) is 5.94. The third-order valence-corrected chi connectivity index (χ3v) is 3.55. The molecule has 0 radical (unpaired) electrons. The summed E-state index contributed by atoms with van der Waals surface area (Å²) in [4.78, 5) is 11.6. The largest absolute Gasteiger partial charge is 0.383 e. The van der Waals surface area contributed by atoms with E-state index < -0.39 is 6.10 Å². The molecule has 4 nitrogen and oxygen atoms in total. The van der Waals surface area contributed by atoms with Crippen molar-refractivity contribution in [2.45, 2.75) is 57.1 Å². The zero-order valence-corrected chi connectivity index (χ0v) is 9.06. The monoisotopic (exact) mass is 212 g/mol. The highest BCUT2D eigenvalue weighted by atomic mass is 16.3. The number of amides is 1. The molecule has 0 spiro atoms. The summed E-state index contributed by atoms with van der Waals surface area (Å²) in [6.07, 6.45) is 6.45. The summed E-state index contributed by atoms with van der Waals surface area (Å²) in [6.45, 7) is 0. The molecule has 0 bridgehead atoms. The Morgan fingerprint density at radius 3 is 2.53 bits per heavy atom. The number of aliphatic hydroxyl groups excluding tert-OH is 1. The van der Waals surface area contributed by atoms with Crippen LogP contribution in [0.3, 0.4) is 0 Å². The molecule has 1 atom stereocenters. The van der Waals surface area contributed by atoms with Crippen LogP contribution in [0.15, 0.2) is 0 Å².